The zero-order chi connectivity index (χ0) is 76.9. The van der Waals surface area contributed by atoms with E-state index in [1.807, 2.05) is 32.9 Å². The lowest BCUT2D eigenvalue weighted by Gasteiger charge is -2.14. The van der Waals surface area contributed by atoms with Crippen LogP contribution >= 0.6 is 11.6 Å². The van der Waals surface area contributed by atoms with Gasteiger partial charge in [-0.1, -0.05) is 154 Å². The van der Waals surface area contributed by atoms with Gasteiger partial charge in [-0.15, -0.1) is 0 Å². The Morgan fingerprint density at radius 1 is 0.385 bits per heavy atom. The molecule has 0 unspecified atom stereocenters. The largest absolute Gasteiger partial charge is 0.440 e. The van der Waals surface area contributed by atoms with Crippen LogP contribution in [0.3, 0.4) is 0 Å². The molecule has 0 spiro atoms. The van der Waals surface area contributed by atoms with Gasteiger partial charge < -0.3 is 27.4 Å². The number of carbonyl (C=O) groups excluding carboxylic acids is 10. The Morgan fingerprint density at radius 2 is 0.807 bits per heavy atom. The van der Waals surface area contributed by atoms with Gasteiger partial charge in [-0.2, -0.15) is 0 Å². The monoisotopic (exact) mass is 1480 g/mol. The van der Waals surface area contributed by atoms with Gasteiger partial charge in [0, 0.05) is 79.8 Å². The molecule has 0 bridgehead atoms. The van der Waals surface area contributed by atoms with E-state index in [9.17, 15) is 66.3 Å². The lowest BCUT2D eigenvalue weighted by atomic mass is 9.91. The van der Waals surface area contributed by atoms with Crippen LogP contribution in [0.2, 0.25) is 5.02 Å². The highest BCUT2D eigenvalue weighted by Crippen LogP contribution is 2.39. The number of nitrogens with zero attached hydrogens (tertiary/aromatic N) is 6. The second-order valence-electron chi connectivity index (χ2n) is 25.9. The highest BCUT2D eigenvalue weighted by Gasteiger charge is 2.42. The third-order valence-corrected chi connectivity index (χ3v) is 18.1. The van der Waals surface area contributed by atoms with E-state index in [4.69, 9.17) is 33.7 Å². The quantitative estimate of drug-likeness (QED) is 0.131. The van der Waals surface area contributed by atoms with Crippen molar-refractivity contribution in [3.8, 4) is 56.7 Å². The highest BCUT2D eigenvalue weighted by molar-refractivity contribution is 6.54. The summed E-state index contributed by atoms with van der Waals surface area (Å²) in [4.78, 5) is 162. The van der Waals surface area contributed by atoms with Crippen LogP contribution in [0.1, 0.15) is 161 Å². The van der Waals surface area contributed by atoms with Crippen LogP contribution in [-0.4, -0.2) is 86.9 Å². The lowest BCUT2D eigenvalue weighted by Crippen LogP contribution is -2.27. The van der Waals surface area contributed by atoms with Crippen LogP contribution in [0.5, 0.6) is 0 Å². The van der Waals surface area contributed by atoms with E-state index < -0.39 is 75.2 Å². The molecule has 0 saturated heterocycles. The summed E-state index contributed by atoms with van der Waals surface area (Å²) in [6.45, 7) is 8.09. The Morgan fingerprint density at radius 3 is 1.30 bits per heavy atom. The number of benzene rings is 7. The molecule has 7 aromatic carbocycles. The van der Waals surface area contributed by atoms with Crippen molar-refractivity contribution in [1.82, 2.24) is 29.1 Å². The topological polar surface area (TPSA) is 344 Å². The minimum Gasteiger partial charge on any atom is -0.440 e. The molecule has 6 heterocycles. The minimum absolute atomic E-state index is 0.00104. The summed E-state index contributed by atoms with van der Waals surface area (Å²) in [6, 6.07) is 49.0. The fourth-order valence-electron chi connectivity index (χ4n) is 12.5. The fraction of sp³-hybridized carbons (Fsp3) is 0.122. The minimum atomic E-state index is -0.781. The lowest BCUT2D eigenvalue weighted by molar-refractivity contribution is 0.0796. The predicted molar refractivity (Wildman–Crippen MR) is 386 cm³/mol. The number of Topliss-reactive ketones (excluding diaryl/α,β-unsaturated/α-hetero) is 10. The summed E-state index contributed by atoms with van der Waals surface area (Å²) < 4.78 is 55.5. The summed E-state index contributed by atoms with van der Waals surface area (Å²) >= 11 is 5.85. The molecule has 27 heteroatoms. The number of aryl methyl sites for hydroxylation is 2. The van der Waals surface area contributed by atoms with Gasteiger partial charge >= 0.3 is 11.5 Å². The maximum atomic E-state index is 13.0. The van der Waals surface area contributed by atoms with E-state index in [1.54, 1.807) is 141 Å². The van der Waals surface area contributed by atoms with Crippen molar-refractivity contribution in [2.75, 3.05) is 5.32 Å². The van der Waals surface area contributed by atoms with Crippen LogP contribution in [0, 0.1) is 11.6 Å². The summed E-state index contributed by atoms with van der Waals surface area (Å²) in [5.74, 6) is -6.24. The number of oxazole rings is 5. The maximum Gasteiger partial charge on any atom is 0.420 e. The van der Waals surface area contributed by atoms with Gasteiger partial charge in [-0.25, -0.2) is 33.3 Å². The summed E-state index contributed by atoms with van der Waals surface area (Å²) in [5.41, 5.74) is 6.60. The molecule has 5 aliphatic rings. The molecule has 13 aromatic rings. The van der Waals surface area contributed by atoms with E-state index in [2.05, 4.69) is 25.3 Å². The van der Waals surface area contributed by atoms with Crippen LogP contribution in [-0.2, 0) is 37.9 Å². The van der Waals surface area contributed by atoms with E-state index in [-0.39, 0.29) is 81.1 Å². The third-order valence-electron chi connectivity index (χ3n) is 17.8. The molecule has 0 aliphatic heterocycles. The Hall–Kier alpha value is -14.0. The summed E-state index contributed by atoms with van der Waals surface area (Å²) in [5, 5.41) is 3.78. The molecule has 109 heavy (non-hydrogen) atoms. The molecule has 540 valence electrons. The van der Waals surface area contributed by atoms with Gasteiger partial charge in [-0.3, -0.25) is 62.1 Å². The van der Waals surface area contributed by atoms with E-state index >= 15 is 0 Å². The Bertz CT molecular complexity index is 5960. The van der Waals surface area contributed by atoms with E-state index in [0.717, 1.165) is 15.8 Å². The highest BCUT2D eigenvalue weighted by atomic mass is 35.5. The van der Waals surface area contributed by atoms with Crippen LogP contribution in [0.25, 0.3) is 56.7 Å². The van der Waals surface area contributed by atoms with Crippen molar-refractivity contribution in [2.45, 2.75) is 65.6 Å². The van der Waals surface area contributed by atoms with Crippen molar-refractivity contribution < 1.29 is 78.8 Å². The number of fused-ring (bicyclic) bond motifs is 15. The zero-order valence-electron chi connectivity index (χ0n) is 57.7. The molecular weight excluding hydrogens is 1430 g/mol. The van der Waals surface area contributed by atoms with Crippen molar-refractivity contribution in [3.05, 3.63) is 311 Å². The van der Waals surface area contributed by atoms with Crippen molar-refractivity contribution in [1.29, 1.82) is 0 Å². The first-order valence-electron chi connectivity index (χ1n) is 33.6. The molecule has 0 saturated carbocycles. The van der Waals surface area contributed by atoms with E-state index in [1.165, 1.54) is 47.0 Å². The summed E-state index contributed by atoms with van der Waals surface area (Å²) in [7, 11) is 0. The second-order valence-corrected chi connectivity index (χ2v) is 26.4. The predicted octanol–water partition coefficient (Wildman–Crippen LogP) is 14.2. The molecule has 0 atom stereocenters. The fourth-order valence-corrected chi connectivity index (χ4v) is 12.6. The van der Waals surface area contributed by atoms with Crippen LogP contribution < -0.4 is 16.8 Å². The molecular formula is C82H54ClF2N7O17. The van der Waals surface area contributed by atoms with Crippen molar-refractivity contribution >= 4 is 75.1 Å². The number of anilines is 1. The molecule has 24 nitrogen and oxygen atoms in total. The number of aromatic nitrogens is 6. The number of ketones is 10. The maximum absolute atomic E-state index is 13.0. The number of hydrogen-bond acceptors (Lipinski definition) is 22. The smallest absolute Gasteiger partial charge is 0.420 e. The van der Waals surface area contributed by atoms with Crippen molar-refractivity contribution in [2.24, 2.45) is 0 Å². The van der Waals surface area contributed by atoms with Gasteiger partial charge in [0.2, 0.25) is 46.5 Å². The standard InChI is InChI=1S/C19H12FNO3.C18H11ClN2O3.C18H10FNO4.C14H12N2O3.C13H9NO4/c20-12-8-5-11(6-9-12)7-10-15-21-16-18(23)17(22)13-3-1-2-4-14(13)19(16)24-15;19-10-5-7-11(8-6-10)20-9-14-21-15-17(23)16(22)12-3-1-2-4-13(12)18(15)24-14;19-11-7-5-10(6-8-11)9-20-14-16(22)15(21)12-3-1-2-4-13(12)17(14)24-18(20)23;1-14(2,3)13-16-9-8-7(5-4-6-15-8)10(17)11(18)12(9)19-13;1-2-14-9-11(16)10(15)7-5-3-4-6-8(7)12(9)18-13(14)17/h1-6,8-9H,7,10H2;1-8,20H,9H2;1-8H,9H2;4-6H,1-3H3;3-6H,2H2,1H3. The zero-order valence-corrected chi connectivity index (χ0v) is 58.4. The molecule has 0 fully saturated rings. The van der Waals surface area contributed by atoms with Crippen molar-refractivity contribution in [3.63, 3.8) is 0 Å². The number of carbonyl (C=O) groups is 10. The SMILES string of the molecule is CC(C)(C)c1nc2c(o1)C(=O)C(=O)c1cccnc1-2.CCn1c2c(oc1=O)-c1ccccc1C(=O)C2=O.O=C1C(=O)c2c(oc(=O)n2Cc2ccc(F)cc2)-c2ccccc21.O=C1C(=O)c2nc(CCc3ccc(F)cc3)oc2-c2ccccc21.O=C1C(=O)c2nc(CNc3ccc(Cl)cc3)oc2-c2ccccc21. The van der Waals surface area contributed by atoms with Gasteiger partial charge in [0.05, 0.1) is 18.7 Å². The number of hydrogen-bond donors (Lipinski definition) is 1. The Balaban J connectivity index is 0.000000114. The normalized spacial score (nSPS) is 13.2. The molecule has 0 amide bonds. The van der Waals surface area contributed by atoms with Crippen LogP contribution in [0.4, 0.5) is 14.5 Å². The molecule has 0 radical (unpaired) electrons. The molecule has 18 rings (SSSR count). The first-order valence-corrected chi connectivity index (χ1v) is 34.0. The van der Waals surface area contributed by atoms with Gasteiger partial charge in [0.15, 0.2) is 40.3 Å². The average molecular weight is 1480 g/mol. The molecule has 1 N–H and O–H groups in total. The third kappa shape index (κ3) is 13.7. The second kappa shape index (κ2) is 29.1. The van der Waals surface area contributed by atoms with Gasteiger partial charge in [0.25, 0.3) is 28.9 Å². The number of halogens is 3. The van der Waals surface area contributed by atoms with Gasteiger partial charge in [-0.05, 0) is 85.1 Å². The number of rotatable bonds is 9. The average Bonchev–Trinajstić information content (AvgIpc) is 1.67. The van der Waals surface area contributed by atoms with E-state index in [0.29, 0.717) is 104 Å². The van der Waals surface area contributed by atoms with Crippen LogP contribution in [0.15, 0.2) is 220 Å². The first-order chi connectivity index (χ1) is 52.4. The van der Waals surface area contributed by atoms with Gasteiger partial charge in [0.1, 0.15) is 34.4 Å². The Kier molecular flexibility index (Phi) is 19.2. The molecule has 5 aliphatic carbocycles. The summed E-state index contributed by atoms with van der Waals surface area (Å²) in [6.07, 6.45) is 2.63. The number of pyridine rings is 1. The Labute approximate surface area is 618 Å². The first kappa shape index (κ1) is 72.0. The number of nitrogens with one attached hydrogen (secondary N) is 1. The molecule has 6 aromatic heterocycles.